The lowest BCUT2D eigenvalue weighted by Gasteiger charge is -2.23. The second-order valence-electron chi connectivity index (χ2n) is 15.4. The molecule has 6 rings (SSSR count). The molecule has 0 saturated heterocycles. The highest BCUT2D eigenvalue weighted by atomic mass is 35.5. The maximum absolute atomic E-state index is 12.5. The van der Waals surface area contributed by atoms with Crippen molar-refractivity contribution in [3.8, 4) is 0 Å². The summed E-state index contributed by atoms with van der Waals surface area (Å²) in [5, 5.41) is 33.9. The summed E-state index contributed by atoms with van der Waals surface area (Å²) >= 11 is 35.1. The molecule has 22 heteroatoms. The van der Waals surface area contributed by atoms with E-state index in [1.54, 1.807) is 42.5 Å². The van der Waals surface area contributed by atoms with Crippen LogP contribution in [0.5, 0.6) is 0 Å². The molecule has 0 heterocycles. The van der Waals surface area contributed by atoms with Gasteiger partial charge in [0.2, 0.25) is 17.6 Å². The van der Waals surface area contributed by atoms with Gasteiger partial charge in [-0.1, -0.05) is 179 Å². The molecule has 13 N–H and O–H groups in total. The lowest BCUT2D eigenvalue weighted by Crippen LogP contribution is -2.50. The Bertz CT molecular complexity index is 2790. The molecule has 0 saturated carbocycles. The number of Topliss-reactive ketones (excluding diaryl/α,β-unsaturated/α-hetero) is 1. The van der Waals surface area contributed by atoms with Crippen LogP contribution in [0.4, 0.5) is 0 Å². The molecular formula is C51H48Cl6N6O10. The molecule has 6 aromatic carbocycles. The number of aliphatic hydroxyl groups is 2. The van der Waals surface area contributed by atoms with Crippen molar-refractivity contribution in [2.75, 3.05) is 0 Å². The number of nitrogens with one attached hydrogen (secondary N) is 2. The minimum absolute atomic E-state index is 0.0381. The standard InChI is InChI=1S/C17H16Cl2N2O3.C17H14Cl2N2O3.C10H14N2O2.C7H4Cl2O2/c2*18-11-7-4-8-12(19)14(11)17(24)21-13(15(22)16(20)23)9-10-5-2-1-3-6-10;11-8(9(13)10(12)14)6-7-4-2-1-3-5-7;8-4-2-1-3-5(9)6(4)7(10)11/h1-8,13,15,22H,9H2,(H2,20,23)(H,21,24);1-8,13H,9H2,(H2,20,23)(H,21,24);1-5,8-9,13H,6,11H2,(H2,12,14);1-3H,(H,10,11)/t13-,15?;13-;8-,9?;/m000./s1. The number of carbonyl (C=O) groups is 7. The van der Waals surface area contributed by atoms with E-state index in [0.717, 1.165) is 16.7 Å². The molecule has 0 aliphatic rings. The lowest BCUT2D eigenvalue weighted by atomic mass is 10.00. The summed E-state index contributed by atoms with van der Waals surface area (Å²) in [7, 11) is 0. The molecule has 5 amide bonds. The summed E-state index contributed by atoms with van der Waals surface area (Å²) in [5.41, 5.74) is 23.4. The molecule has 0 aliphatic carbocycles. The van der Waals surface area contributed by atoms with E-state index >= 15 is 0 Å². The number of carboxylic acids is 1. The highest BCUT2D eigenvalue weighted by molar-refractivity contribution is 6.41. The number of ketones is 1. The summed E-state index contributed by atoms with van der Waals surface area (Å²) < 4.78 is 0. The van der Waals surface area contributed by atoms with Gasteiger partial charge in [-0.15, -0.1) is 0 Å². The average Bonchev–Trinajstić information content (AvgIpc) is 3.34. The number of primary amides is 3. The van der Waals surface area contributed by atoms with Crippen molar-refractivity contribution in [3.05, 3.63) is 209 Å². The van der Waals surface area contributed by atoms with Gasteiger partial charge in [-0.3, -0.25) is 28.8 Å². The predicted molar refractivity (Wildman–Crippen MR) is 282 cm³/mol. The van der Waals surface area contributed by atoms with Gasteiger partial charge in [-0.25, -0.2) is 4.79 Å². The third kappa shape index (κ3) is 19.8. The number of benzene rings is 6. The number of amides is 5. The summed E-state index contributed by atoms with van der Waals surface area (Å²) in [6, 6.07) is 38.6. The molecule has 0 radical (unpaired) electrons. The van der Waals surface area contributed by atoms with Crippen LogP contribution < -0.4 is 33.6 Å². The van der Waals surface area contributed by atoms with E-state index in [-0.39, 0.29) is 59.7 Å². The van der Waals surface area contributed by atoms with Gasteiger partial charge in [0.15, 0.2) is 6.10 Å². The number of carbonyl (C=O) groups excluding carboxylic acids is 6. The van der Waals surface area contributed by atoms with Crippen molar-refractivity contribution in [1.82, 2.24) is 10.6 Å². The van der Waals surface area contributed by atoms with E-state index in [2.05, 4.69) is 10.6 Å². The number of nitrogens with two attached hydrogens (primary N) is 4. The lowest BCUT2D eigenvalue weighted by molar-refractivity contribution is -0.137. The first-order chi connectivity index (χ1) is 34.5. The Morgan fingerprint density at radius 1 is 0.438 bits per heavy atom. The maximum atomic E-state index is 12.5. The Kier molecular flexibility index (Phi) is 25.3. The highest BCUT2D eigenvalue weighted by Gasteiger charge is 2.29. The first-order valence-electron chi connectivity index (χ1n) is 21.4. The van der Waals surface area contributed by atoms with Crippen molar-refractivity contribution in [1.29, 1.82) is 0 Å². The Hall–Kier alpha value is -6.57. The van der Waals surface area contributed by atoms with Crippen LogP contribution in [0.25, 0.3) is 0 Å². The molecule has 0 spiro atoms. The van der Waals surface area contributed by atoms with Gasteiger partial charge in [-0.2, -0.15) is 0 Å². The van der Waals surface area contributed by atoms with E-state index in [4.69, 9.17) is 97.6 Å². The van der Waals surface area contributed by atoms with Crippen molar-refractivity contribution in [2.45, 2.75) is 49.6 Å². The Morgan fingerprint density at radius 3 is 1.10 bits per heavy atom. The molecule has 0 fully saturated rings. The number of aromatic carboxylic acids is 1. The third-order valence-corrected chi connectivity index (χ3v) is 11.9. The number of carboxylic acid groups (broad SMARTS) is 1. The summed E-state index contributed by atoms with van der Waals surface area (Å²) in [6.45, 7) is 0. The van der Waals surface area contributed by atoms with Crippen LogP contribution in [0.2, 0.25) is 30.1 Å². The van der Waals surface area contributed by atoms with Gasteiger partial charge in [0.25, 0.3) is 17.7 Å². The van der Waals surface area contributed by atoms with Crippen LogP contribution in [0.15, 0.2) is 146 Å². The minimum Gasteiger partial charge on any atom is -0.478 e. The highest BCUT2D eigenvalue weighted by Crippen LogP contribution is 2.26. The molecule has 5 atom stereocenters. The van der Waals surface area contributed by atoms with Gasteiger partial charge in [0.1, 0.15) is 12.1 Å². The average molecular weight is 1120 g/mol. The Balaban J connectivity index is 0.000000269. The first kappa shape index (κ1) is 60.7. The van der Waals surface area contributed by atoms with Gasteiger partial charge >= 0.3 is 5.97 Å². The number of hydrogen-bond donors (Lipinski definition) is 9. The van der Waals surface area contributed by atoms with Crippen LogP contribution in [0.1, 0.15) is 47.8 Å². The van der Waals surface area contributed by atoms with Crippen molar-refractivity contribution in [3.63, 3.8) is 0 Å². The minimum atomic E-state index is -1.55. The van der Waals surface area contributed by atoms with Crippen LogP contribution in [-0.4, -0.2) is 86.9 Å². The van der Waals surface area contributed by atoms with Gasteiger partial charge < -0.3 is 48.9 Å². The molecule has 2 unspecified atom stereocenters. The van der Waals surface area contributed by atoms with E-state index in [0.29, 0.717) is 6.42 Å². The fourth-order valence-corrected chi connectivity index (χ4v) is 8.05. The zero-order chi connectivity index (χ0) is 54.4. The van der Waals surface area contributed by atoms with E-state index in [1.807, 2.05) is 66.7 Å². The molecule has 73 heavy (non-hydrogen) atoms. The van der Waals surface area contributed by atoms with E-state index in [1.165, 1.54) is 36.4 Å². The van der Waals surface area contributed by atoms with E-state index < -0.39 is 71.6 Å². The van der Waals surface area contributed by atoms with Crippen molar-refractivity contribution in [2.24, 2.45) is 22.9 Å². The van der Waals surface area contributed by atoms with Gasteiger partial charge in [0, 0.05) is 12.5 Å². The maximum Gasteiger partial charge on any atom is 0.338 e. The normalized spacial score (nSPS) is 12.4. The molecule has 384 valence electrons. The summed E-state index contributed by atoms with van der Waals surface area (Å²) in [4.78, 5) is 80.6. The number of hydrogen-bond acceptors (Lipinski definition) is 10. The second kappa shape index (κ2) is 30.5. The monoisotopic (exact) mass is 1110 g/mol. The van der Waals surface area contributed by atoms with Crippen LogP contribution in [0.3, 0.4) is 0 Å². The second-order valence-corrected chi connectivity index (χ2v) is 17.8. The Labute approximate surface area is 449 Å². The molecule has 0 aromatic heterocycles. The predicted octanol–water partition coefficient (Wildman–Crippen LogP) is 6.66. The van der Waals surface area contributed by atoms with E-state index in [9.17, 15) is 43.8 Å². The molecular weight excluding hydrogens is 1070 g/mol. The van der Waals surface area contributed by atoms with Crippen LogP contribution >= 0.6 is 69.6 Å². The Morgan fingerprint density at radius 2 is 0.767 bits per heavy atom. The number of rotatable bonds is 17. The molecule has 0 aliphatic heterocycles. The van der Waals surface area contributed by atoms with Crippen LogP contribution in [0, 0.1) is 0 Å². The largest absolute Gasteiger partial charge is 0.478 e. The van der Waals surface area contributed by atoms with Crippen molar-refractivity contribution >= 4 is 111 Å². The fourth-order valence-electron chi connectivity index (χ4n) is 6.35. The quantitative estimate of drug-likeness (QED) is 0.0435. The first-order valence-corrected chi connectivity index (χ1v) is 23.6. The van der Waals surface area contributed by atoms with Gasteiger partial charge in [0.05, 0.1) is 52.9 Å². The topological polar surface area (TPSA) is 308 Å². The number of aliphatic hydroxyl groups excluding tert-OH is 2. The zero-order valence-corrected chi connectivity index (χ0v) is 42.7. The fraction of sp³-hybridized carbons (Fsp3) is 0.157. The molecule has 0 bridgehead atoms. The summed E-state index contributed by atoms with van der Waals surface area (Å²) in [6.07, 6.45) is -2.05. The van der Waals surface area contributed by atoms with Gasteiger partial charge in [-0.05, 0) is 65.9 Å². The van der Waals surface area contributed by atoms with Crippen molar-refractivity contribution < 1.29 is 48.9 Å². The molecule has 16 nitrogen and oxygen atoms in total. The molecule has 6 aromatic rings. The summed E-state index contributed by atoms with van der Waals surface area (Å²) in [5.74, 6) is -6.08. The number of halogens is 6. The zero-order valence-electron chi connectivity index (χ0n) is 38.1. The third-order valence-electron chi connectivity index (χ3n) is 10.0. The SMILES string of the molecule is NC(=O)C(=O)[C@H](Cc1ccccc1)NC(=O)c1c(Cl)cccc1Cl.NC(=O)C(O)[C@@H](N)Cc1ccccc1.NC(=O)C(O)[C@H](Cc1ccccc1)NC(=O)c1c(Cl)cccc1Cl.O=C(O)c1c(Cl)cccc1Cl. The van der Waals surface area contributed by atoms with Crippen LogP contribution in [-0.2, 0) is 38.4 Å². The smallest absolute Gasteiger partial charge is 0.338 e.